The minimum absolute atomic E-state index is 0.0590. The molecule has 0 amide bonds. The number of ketones is 1. The first-order chi connectivity index (χ1) is 15.8. The predicted octanol–water partition coefficient (Wildman–Crippen LogP) is 3.41. The molecule has 1 aromatic carbocycles. The molecule has 0 radical (unpaired) electrons. The van der Waals surface area contributed by atoms with Crippen molar-refractivity contribution in [2.45, 2.75) is 6.92 Å². The fourth-order valence-corrected chi connectivity index (χ4v) is 3.98. The third-order valence-corrected chi connectivity index (χ3v) is 6.15. The summed E-state index contributed by atoms with van der Waals surface area (Å²) in [6, 6.07) is 8.48. The number of piperazine rings is 1. The highest BCUT2D eigenvalue weighted by Crippen LogP contribution is 2.33. The summed E-state index contributed by atoms with van der Waals surface area (Å²) in [5.74, 6) is 0.399. The van der Waals surface area contributed by atoms with Crippen molar-refractivity contribution in [3.63, 3.8) is 0 Å². The smallest absolute Gasteiger partial charge is 0.333 e. The van der Waals surface area contributed by atoms with Crippen LogP contribution in [0.3, 0.4) is 0 Å². The molecule has 2 aromatic heterocycles. The third-order valence-electron chi connectivity index (χ3n) is 5.82. The lowest BCUT2D eigenvalue weighted by Gasteiger charge is -2.33. The first-order valence-corrected chi connectivity index (χ1v) is 10.8. The Hall–Kier alpha value is -3.50. The zero-order valence-corrected chi connectivity index (χ0v) is 19.3. The van der Waals surface area contributed by atoms with Gasteiger partial charge in [0.2, 0.25) is 5.82 Å². The summed E-state index contributed by atoms with van der Waals surface area (Å²) in [5.41, 5.74) is 1.20. The second kappa shape index (κ2) is 9.16. The molecule has 10 nitrogen and oxygen atoms in total. The summed E-state index contributed by atoms with van der Waals surface area (Å²) >= 11 is 6.26. The molecule has 11 heteroatoms. The molecule has 3 heterocycles. The van der Waals surface area contributed by atoms with Crippen LogP contribution in [0.1, 0.15) is 21.6 Å². The van der Waals surface area contributed by atoms with Crippen LogP contribution in [0.4, 0.5) is 23.0 Å². The van der Waals surface area contributed by atoms with E-state index in [9.17, 15) is 14.9 Å². The summed E-state index contributed by atoms with van der Waals surface area (Å²) in [4.78, 5) is 33.4. The molecule has 1 N–H and O–H groups in total. The number of aryl methyl sites for hydroxylation is 1. The molecule has 172 valence electrons. The highest BCUT2D eigenvalue weighted by atomic mass is 35.5. The van der Waals surface area contributed by atoms with Crippen LogP contribution in [0.15, 0.2) is 36.5 Å². The van der Waals surface area contributed by atoms with Gasteiger partial charge in [0.15, 0.2) is 5.78 Å². The molecular weight excluding hydrogens is 446 g/mol. The second-order valence-corrected chi connectivity index (χ2v) is 8.38. The second-order valence-electron chi connectivity index (χ2n) is 7.98. The molecule has 0 aliphatic carbocycles. The van der Waals surface area contributed by atoms with Crippen LogP contribution in [0.25, 0.3) is 0 Å². The van der Waals surface area contributed by atoms with Crippen LogP contribution in [-0.2, 0) is 7.05 Å². The van der Waals surface area contributed by atoms with E-state index in [1.165, 1.54) is 10.9 Å². The summed E-state index contributed by atoms with van der Waals surface area (Å²) in [6.07, 6.45) is 1.49. The van der Waals surface area contributed by atoms with E-state index in [1.807, 2.05) is 0 Å². The van der Waals surface area contributed by atoms with Crippen molar-refractivity contribution in [2.24, 2.45) is 7.05 Å². The van der Waals surface area contributed by atoms with E-state index in [0.717, 1.165) is 26.2 Å². The Bertz CT molecular complexity index is 1220. The first-order valence-electron chi connectivity index (χ1n) is 10.4. The number of likely N-dealkylation sites (N-methyl/N-ethyl adjacent to an activating group) is 1. The van der Waals surface area contributed by atoms with Crippen molar-refractivity contribution in [3.8, 4) is 0 Å². The Morgan fingerprint density at radius 3 is 2.52 bits per heavy atom. The predicted molar refractivity (Wildman–Crippen MR) is 127 cm³/mol. The normalized spacial score (nSPS) is 14.4. The van der Waals surface area contributed by atoms with Crippen molar-refractivity contribution in [1.82, 2.24) is 19.7 Å². The highest BCUT2D eigenvalue weighted by Gasteiger charge is 2.27. The largest absolute Gasteiger partial charge is 0.354 e. The lowest BCUT2D eigenvalue weighted by atomic mass is 10.0. The summed E-state index contributed by atoms with van der Waals surface area (Å²) < 4.78 is 1.43. The van der Waals surface area contributed by atoms with Gasteiger partial charge in [-0.05, 0) is 26.1 Å². The number of anilines is 3. The minimum Gasteiger partial charge on any atom is -0.354 e. The van der Waals surface area contributed by atoms with Gasteiger partial charge in [-0.3, -0.25) is 19.6 Å². The number of pyridine rings is 1. The number of nitrogens with zero attached hydrogens (tertiary/aromatic N) is 6. The van der Waals surface area contributed by atoms with Crippen LogP contribution in [-0.4, -0.2) is 63.6 Å². The molecule has 0 atom stereocenters. The van der Waals surface area contributed by atoms with E-state index in [2.05, 4.69) is 32.2 Å². The van der Waals surface area contributed by atoms with Crippen molar-refractivity contribution in [3.05, 3.63) is 68.5 Å². The fourth-order valence-electron chi connectivity index (χ4n) is 3.75. The molecule has 1 fully saturated rings. The lowest BCUT2D eigenvalue weighted by molar-refractivity contribution is -0.384. The average Bonchev–Trinajstić information content (AvgIpc) is 3.07. The van der Waals surface area contributed by atoms with Gasteiger partial charge >= 0.3 is 5.69 Å². The number of benzene rings is 1. The maximum atomic E-state index is 13.4. The van der Waals surface area contributed by atoms with E-state index in [4.69, 9.17) is 11.6 Å². The maximum absolute atomic E-state index is 13.4. The monoisotopic (exact) mass is 469 g/mol. The fraction of sp³-hybridized carbons (Fsp3) is 0.318. The van der Waals surface area contributed by atoms with E-state index in [1.54, 1.807) is 44.3 Å². The van der Waals surface area contributed by atoms with Gasteiger partial charge in [-0.15, -0.1) is 5.10 Å². The first kappa shape index (κ1) is 22.7. The van der Waals surface area contributed by atoms with Crippen molar-refractivity contribution < 1.29 is 9.72 Å². The molecule has 1 aliphatic heterocycles. The number of nitro groups is 1. The highest BCUT2D eigenvalue weighted by molar-refractivity contribution is 6.35. The van der Waals surface area contributed by atoms with E-state index < -0.39 is 4.92 Å². The molecule has 0 saturated carbocycles. The van der Waals surface area contributed by atoms with Crippen molar-refractivity contribution in [2.75, 3.05) is 43.4 Å². The molecule has 1 saturated heterocycles. The Morgan fingerprint density at radius 1 is 1.15 bits per heavy atom. The van der Waals surface area contributed by atoms with Gasteiger partial charge in [0, 0.05) is 51.1 Å². The van der Waals surface area contributed by atoms with Crippen LogP contribution < -0.4 is 10.2 Å². The number of halogens is 1. The van der Waals surface area contributed by atoms with E-state index >= 15 is 0 Å². The zero-order chi connectivity index (χ0) is 23.7. The van der Waals surface area contributed by atoms with Crippen LogP contribution in [0.2, 0.25) is 5.02 Å². The Labute approximate surface area is 195 Å². The topological polar surface area (TPSA) is 109 Å². The van der Waals surface area contributed by atoms with Gasteiger partial charge in [0.25, 0.3) is 0 Å². The standard InChI is InChI=1S/C22H24ClN7O3/c1-14-20(30(32)33)22(26-28(14)3)25-18-12-19(29-10-8-27(2)9-11-29)24-13-16(18)21(31)15-6-4-5-7-17(15)23/h4-7,12-13H,8-11H2,1-3H3,(H,24,25,26). The SMILES string of the molecule is Cc1c([N+](=O)[O-])c(Nc2cc(N3CCN(C)CC3)ncc2C(=O)c2ccccc2Cl)nn1C. The Kier molecular flexibility index (Phi) is 6.30. The van der Waals surface area contributed by atoms with Gasteiger partial charge in [-0.25, -0.2) is 4.98 Å². The van der Waals surface area contributed by atoms with Crippen LogP contribution in [0.5, 0.6) is 0 Å². The molecule has 0 unspecified atom stereocenters. The minimum atomic E-state index is -0.483. The van der Waals surface area contributed by atoms with Gasteiger partial charge < -0.3 is 15.1 Å². The van der Waals surface area contributed by atoms with Gasteiger partial charge in [-0.1, -0.05) is 23.7 Å². The molecule has 1 aliphatic rings. The number of hydrogen-bond donors (Lipinski definition) is 1. The number of carbonyl (C=O) groups excluding carboxylic acids is 1. The number of carbonyl (C=O) groups is 1. The summed E-state index contributed by atoms with van der Waals surface area (Å²) in [6.45, 7) is 4.95. The summed E-state index contributed by atoms with van der Waals surface area (Å²) in [5, 5.41) is 19.3. The van der Waals surface area contributed by atoms with Crippen LogP contribution in [0, 0.1) is 17.0 Å². The molecule has 33 heavy (non-hydrogen) atoms. The Balaban J connectivity index is 1.79. The van der Waals surface area contributed by atoms with E-state index in [0.29, 0.717) is 27.8 Å². The van der Waals surface area contributed by atoms with Gasteiger partial charge in [0.05, 0.1) is 21.2 Å². The van der Waals surface area contributed by atoms with Gasteiger partial charge in [0.1, 0.15) is 11.5 Å². The average molecular weight is 470 g/mol. The molecular formula is C22H24ClN7O3. The van der Waals surface area contributed by atoms with Crippen LogP contribution >= 0.6 is 11.6 Å². The van der Waals surface area contributed by atoms with Crippen molar-refractivity contribution >= 4 is 40.4 Å². The number of rotatable bonds is 6. The third kappa shape index (κ3) is 4.53. The zero-order valence-electron chi connectivity index (χ0n) is 18.6. The lowest BCUT2D eigenvalue weighted by Crippen LogP contribution is -2.44. The number of hydrogen-bond acceptors (Lipinski definition) is 8. The molecule has 3 aromatic rings. The Morgan fingerprint density at radius 2 is 1.85 bits per heavy atom. The maximum Gasteiger partial charge on any atom is 0.333 e. The van der Waals surface area contributed by atoms with Gasteiger partial charge in [-0.2, -0.15) is 0 Å². The molecule has 0 spiro atoms. The quantitative estimate of drug-likeness (QED) is 0.332. The molecule has 4 rings (SSSR count). The molecule has 0 bridgehead atoms. The van der Waals surface area contributed by atoms with Crippen molar-refractivity contribution in [1.29, 1.82) is 0 Å². The number of nitrogens with one attached hydrogen (secondary N) is 1. The summed E-state index contributed by atoms with van der Waals surface area (Å²) in [7, 11) is 3.69. The number of aromatic nitrogens is 3. The van der Waals surface area contributed by atoms with E-state index in [-0.39, 0.29) is 22.9 Å².